The van der Waals surface area contributed by atoms with Crippen LogP contribution in [0.25, 0.3) is 11.3 Å². The molecule has 158 valence electrons. The van der Waals surface area contributed by atoms with Gasteiger partial charge in [-0.25, -0.2) is 4.39 Å². The topological polar surface area (TPSA) is 125 Å². The quantitative estimate of drug-likeness (QED) is 0.551. The van der Waals surface area contributed by atoms with Crippen LogP contribution in [0.1, 0.15) is 10.5 Å². The van der Waals surface area contributed by atoms with Gasteiger partial charge in [0.15, 0.2) is 16.6 Å². The highest BCUT2D eigenvalue weighted by Gasteiger charge is 2.23. The van der Waals surface area contributed by atoms with Gasteiger partial charge >= 0.3 is 0 Å². The lowest BCUT2D eigenvalue weighted by Crippen LogP contribution is -2.16. The molecule has 0 radical (unpaired) electrons. The molecule has 0 fully saturated rings. The second kappa shape index (κ2) is 8.04. The molecule has 2 heterocycles. The van der Waals surface area contributed by atoms with Crippen LogP contribution in [0.2, 0.25) is 5.15 Å². The number of aromatic nitrogens is 4. The van der Waals surface area contributed by atoms with E-state index < -0.39 is 18.9 Å². The first-order chi connectivity index (χ1) is 14.0. The molecule has 0 bridgehead atoms. The first kappa shape index (κ1) is 21.7. The molecule has 1 amide bonds. The molecule has 3 N–H and O–H groups in total. The Labute approximate surface area is 176 Å². The number of halogens is 2. The molecule has 30 heavy (non-hydrogen) atoms. The number of hydrogen-bond donors (Lipinski definition) is 2. The van der Waals surface area contributed by atoms with E-state index in [0.717, 1.165) is 0 Å². The number of anilines is 2. The van der Waals surface area contributed by atoms with Gasteiger partial charge in [0.05, 0.1) is 29.6 Å². The summed E-state index contributed by atoms with van der Waals surface area (Å²) in [5.74, 6) is -1.19. The van der Waals surface area contributed by atoms with Crippen LogP contribution in [0.4, 0.5) is 15.8 Å². The van der Waals surface area contributed by atoms with Crippen molar-refractivity contribution in [1.82, 2.24) is 20.0 Å². The fraction of sp³-hybridized carbons (Fsp3) is 0.222. The molecule has 12 heteroatoms. The van der Waals surface area contributed by atoms with Gasteiger partial charge in [0.25, 0.3) is 5.91 Å². The normalized spacial score (nSPS) is 11.4. The van der Waals surface area contributed by atoms with Gasteiger partial charge in [-0.15, -0.1) is 10.2 Å². The van der Waals surface area contributed by atoms with E-state index in [1.165, 1.54) is 30.0 Å². The van der Waals surface area contributed by atoms with Crippen molar-refractivity contribution < 1.29 is 18.5 Å². The number of rotatable bonds is 6. The van der Waals surface area contributed by atoms with Crippen LogP contribution in [-0.2, 0) is 11.6 Å². The van der Waals surface area contributed by atoms with Crippen molar-refractivity contribution in [2.45, 2.75) is 0 Å². The monoisotopic (exact) mass is 452 g/mol. The third-order valence-corrected chi connectivity index (χ3v) is 5.91. The van der Waals surface area contributed by atoms with Crippen LogP contribution in [0.3, 0.4) is 0 Å². The number of hydrogen-bond acceptors (Lipinski definition) is 7. The molecular weight excluding hydrogens is 434 g/mol. The second-order valence-electron chi connectivity index (χ2n) is 6.81. The number of nitrogens with zero attached hydrogens (tertiary/aromatic N) is 4. The summed E-state index contributed by atoms with van der Waals surface area (Å²) in [4.78, 5) is 11.7. The lowest BCUT2D eigenvalue weighted by molar-refractivity contribution is 0.0995. The molecule has 0 saturated carbocycles. The maximum atomic E-state index is 14.5. The van der Waals surface area contributed by atoms with Crippen molar-refractivity contribution in [3.8, 4) is 17.0 Å². The number of carbonyl (C=O) groups is 1. The van der Waals surface area contributed by atoms with Crippen molar-refractivity contribution in [2.24, 2.45) is 12.8 Å². The smallest absolute Gasteiger partial charge is 0.271 e. The van der Waals surface area contributed by atoms with Gasteiger partial charge in [-0.05, 0) is 25.5 Å². The molecule has 2 aromatic heterocycles. The predicted molar refractivity (Wildman–Crippen MR) is 113 cm³/mol. The van der Waals surface area contributed by atoms with Crippen molar-refractivity contribution >= 4 is 41.5 Å². The summed E-state index contributed by atoms with van der Waals surface area (Å²) in [6.07, 6.45) is 0. The van der Waals surface area contributed by atoms with Crippen molar-refractivity contribution in [1.29, 1.82) is 0 Å². The molecule has 1 aromatic carbocycles. The minimum atomic E-state index is -2.61. The number of amides is 1. The van der Waals surface area contributed by atoms with E-state index in [-0.39, 0.29) is 28.0 Å². The van der Waals surface area contributed by atoms with E-state index in [2.05, 4.69) is 20.6 Å². The molecule has 0 saturated heterocycles. The molecule has 3 aromatic rings. The number of carbonyl (C=O) groups excluding carboxylic acids is 1. The van der Waals surface area contributed by atoms with Crippen molar-refractivity contribution in [3.63, 3.8) is 0 Å². The molecule has 0 spiro atoms. The molecular formula is C18H19ClFN6O3P. The van der Waals surface area contributed by atoms with E-state index in [4.69, 9.17) is 22.1 Å². The first-order valence-electron chi connectivity index (χ1n) is 8.58. The highest BCUT2D eigenvalue weighted by atomic mass is 35.5. The Kier molecular flexibility index (Phi) is 5.83. The summed E-state index contributed by atoms with van der Waals surface area (Å²) >= 11 is 5.87. The maximum absolute atomic E-state index is 14.5. The van der Waals surface area contributed by atoms with Crippen LogP contribution in [0, 0.1) is 5.82 Å². The lowest BCUT2D eigenvalue weighted by Gasteiger charge is -2.15. The van der Waals surface area contributed by atoms with E-state index in [9.17, 15) is 13.8 Å². The third kappa shape index (κ3) is 4.29. The van der Waals surface area contributed by atoms with Crippen LogP contribution in [0.5, 0.6) is 5.75 Å². The van der Waals surface area contributed by atoms with Gasteiger partial charge in [0, 0.05) is 24.7 Å². The average molecular weight is 453 g/mol. The predicted octanol–water partition coefficient (Wildman–Crippen LogP) is 2.77. The van der Waals surface area contributed by atoms with Crippen LogP contribution >= 0.6 is 18.7 Å². The van der Waals surface area contributed by atoms with Gasteiger partial charge in [0.2, 0.25) is 0 Å². The zero-order valence-corrected chi connectivity index (χ0v) is 18.3. The molecule has 0 aliphatic carbocycles. The van der Waals surface area contributed by atoms with Crippen LogP contribution in [-0.4, -0.2) is 46.3 Å². The lowest BCUT2D eigenvalue weighted by atomic mass is 10.1. The van der Waals surface area contributed by atoms with Crippen LogP contribution < -0.4 is 21.2 Å². The number of nitrogens with one attached hydrogen (secondary N) is 1. The van der Waals surface area contributed by atoms with Crippen molar-refractivity contribution in [2.75, 3.05) is 25.8 Å². The Bertz CT molecular complexity index is 1190. The third-order valence-electron chi connectivity index (χ3n) is 4.21. The van der Waals surface area contributed by atoms with E-state index in [1.807, 2.05) is 0 Å². The Morgan fingerprint density at radius 2 is 1.93 bits per heavy atom. The summed E-state index contributed by atoms with van der Waals surface area (Å²) in [7, 11) is 0.454. The number of benzene rings is 1. The molecule has 9 nitrogen and oxygen atoms in total. The molecule has 0 unspecified atom stereocenters. The average Bonchev–Trinajstić information content (AvgIpc) is 3.03. The Hall–Kier alpha value is -2.97. The zero-order valence-electron chi connectivity index (χ0n) is 16.6. The Morgan fingerprint density at radius 1 is 1.23 bits per heavy atom. The number of methoxy groups -OCH3 is 1. The number of aryl methyl sites for hydroxylation is 1. The fourth-order valence-corrected chi connectivity index (χ4v) is 4.30. The van der Waals surface area contributed by atoms with E-state index >= 15 is 0 Å². The molecule has 3 rings (SSSR count). The van der Waals surface area contributed by atoms with Gasteiger partial charge in [-0.2, -0.15) is 5.10 Å². The van der Waals surface area contributed by atoms with E-state index in [0.29, 0.717) is 16.7 Å². The zero-order chi connectivity index (χ0) is 22.2. The number of ether oxygens (including phenoxy) is 1. The van der Waals surface area contributed by atoms with Gasteiger partial charge in [-0.1, -0.05) is 11.6 Å². The maximum Gasteiger partial charge on any atom is 0.271 e. The summed E-state index contributed by atoms with van der Waals surface area (Å²) in [6, 6.07) is 5.39. The summed E-state index contributed by atoms with van der Waals surface area (Å²) < 4.78 is 34.0. The highest BCUT2D eigenvalue weighted by Crippen LogP contribution is 2.41. The summed E-state index contributed by atoms with van der Waals surface area (Å²) in [6.45, 7) is 3.24. The van der Waals surface area contributed by atoms with Gasteiger partial charge in [0.1, 0.15) is 13.0 Å². The standard InChI is InChI=1S/C18H19ClFN6O3P/c1-26-15(30(3,4)28)8-11(25-26)10-5-9(20)6-13(17(10)29-2)22-12-7-14(19)23-24-16(12)18(21)27/h5-8H,1-4H3,(H2,21,27)(H,22,23). The Balaban J connectivity index is 2.16. The summed E-state index contributed by atoms with van der Waals surface area (Å²) in [5.41, 5.74) is 6.69. The minimum Gasteiger partial charge on any atom is -0.494 e. The van der Waals surface area contributed by atoms with Crippen molar-refractivity contribution in [3.05, 3.63) is 40.9 Å². The first-order valence-corrected chi connectivity index (χ1v) is 11.6. The highest BCUT2D eigenvalue weighted by molar-refractivity contribution is 7.69. The molecule has 0 aliphatic rings. The fourth-order valence-electron chi connectivity index (χ4n) is 2.98. The SMILES string of the molecule is COc1c(Nc2cc(Cl)nnc2C(N)=O)cc(F)cc1-c1cc(P(C)(C)=O)n(C)n1. The Morgan fingerprint density at radius 3 is 2.50 bits per heavy atom. The van der Waals surface area contributed by atoms with E-state index in [1.54, 1.807) is 26.4 Å². The number of nitrogens with two attached hydrogens (primary N) is 1. The number of primary amides is 1. The second-order valence-corrected chi connectivity index (χ2v) is 10.4. The van der Waals surface area contributed by atoms with Gasteiger partial charge < -0.3 is 20.4 Å². The minimum absolute atomic E-state index is 0.00843. The van der Waals surface area contributed by atoms with Crippen LogP contribution in [0.15, 0.2) is 24.3 Å². The largest absolute Gasteiger partial charge is 0.494 e. The molecule has 0 aliphatic heterocycles. The summed E-state index contributed by atoms with van der Waals surface area (Å²) in [5, 5.41) is 14.5. The molecule has 0 atom stereocenters. The van der Waals surface area contributed by atoms with Gasteiger partial charge in [-0.3, -0.25) is 9.48 Å².